The average Bonchev–Trinajstić information content (AvgIpc) is 2.76. The summed E-state index contributed by atoms with van der Waals surface area (Å²) in [6.07, 6.45) is 0. The van der Waals surface area contributed by atoms with E-state index in [1.807, 2.05) is 0 Å². The zero-order chi connectivity index (χ0) is 14.0. The first-order valence-corrected chi connectivity index (χ1v) is 8.54. The summed E-state index contributed by atoms with van der Waals surface area (Å²) < 4.78 is 27.9. The first-order valence-electron chi connectivity index (χ1n) is 5.45. The zero-order valence-electron chi connectivity index (χ0n) is 10.00. The van der Waals surface area contributed by atoms with Gasteiger partial charge in [-0.05, 0) is 52.7 Å². The summed E-state index contributed by atoms with van der Waals surface area (Å²) in [6.45, 7) is 1.73. The van der Waals surface area contributed by atoms with Crippen molar-refractivity contribution in [3.63, 3.8) is 0 Å². The first kappa shape index (κ1) is 14.5. The van der Waals surface area contributed by atoms with Crippen molar-refractivity contribution >= 4 is 37.3 Å². The molecule has 0 spiro atoms. The van der Waals surface area contributed by atoms with Gasteiger partial charge in [0, 0.05) is 6.04 Å². The van der Waals surface area contributed by atoms with Crippen molar-refractivity contribution in [1.82, 2.24) is 4.72 Å². The van der Waals surface area contributed by atoms with E-state index in [-0.39, 0.29) is 9.96 Å². The van der Waals surface area contributed by atoms with E-state index in [4.69, 9.17) is 0 Å². The van der Waals surface area contributed by atoms with Crippen LogP contribution in [0.25, 0.3) is 0 Å². The first-order chi connectivity index (χ1) is 8.88. The van der Waals surface area contributed by atoms with Gasteiger partial charge >= 0.3 is 0 Å². The number of phenolic OH excluding ortho intramolecular Hbond substituents is 1. The summed E-state index contributed by atoms with van der Waals surface area (Å²) in [5.41, 5.74) is 0.708. The molecule has 0 saturated carbocycles. The molecule has 4 nitrogen and oxygen atoms in total. The number of hydrogen-bond donors (Lipinski definition) is 2. The molecule has 1 aromatic carbocycles. The fourth-order valence-corrected chi connectivity index (χ4v) is 4.85. The largest absolute Gasteiger partial charge is 0.508 e. The average molecular weight is 362 g/mol. The Bertz CT molecular complexity index is 682. The molecule has 0 radical (unpaired) electrons. The van der Waals surface area contributed by atoms with Crippen LogP contribution in [0.5, 0.6) is 5.75 Å². The Morgan fingerprint density at radius 2 is 2.05 bits per heavy atom. The Labute approximate surface area is 124 Å². The van der Waals surface area contributed by atoms with E-state index in [9.17, 15) is 13.5 Å². The molecule has 0 saturated heterocycles. The van der Waals surface area contributed by atoms with Crippen molar-refractivity contribution < 1.29 is 13.5 Å². The van der Waals surface area contributed by atoms with Gasteiger partial charge in [-0.25, -0.2) is 13.1 Å². The maximum atomic E-state index is 12.1. The highest BCUT2D eigenvalue weighted by atomic mass is 79.9. The van der Waals surface area contributed by atoms with Crippen molar-refractivity contribution in [1.29, 1.82) is 0 Å². The topological polar surface area (TPSA) is 66.4 Å². The smallest absolute Gasteiger partial charge is 0.250 e. The molecule has 1 unspecified atom stereocenters. The molecule has 102 valence electrons. The molecule has 0 amide bonds. The Morgan fingerprint density at radius 1 is 1.32 bits per heavy atom. The molecule has 0 aliphatic carbocycles. The van der Waals surface area contributed by atoms with Gasteiger partial charge in [-0.15, -0.1) is 11.3 Å². The molecule has 0 aliphatic heterocycles. The molecule has 0 bridgehead atoms. The number of benzene rings is 1. The lowest BCUT2D eigenvalue weighted by Gasteiger charge is -2.13. The van der Waals surface area contributed by atoms with Crippen LogP contribution in [0.3, 0.4) is 0 Å². The van der Waals surface area contributed by atoms with Gasteiger partial charge in [0.05, 0.1) is 3.79 Å². The molecular formula is C12H12BrNO3S2. The Hall–Kier alpha value is -0.890. The summed E-state index contributed by atoms with van der Waals surface area (Å²) in [4.78, 5) is 0. The highest BCUT2D eigenvalue weighted by Gasteiger charge is 2.20. The summed E-state index contributed by atoms with van der Waals surface area (Å²) in [5.74, 6) is 0.113. The number of halogens is 1. The third kappa shape index (κ3) is 3.56. The second kappa shape index (κ2) is 5.62. The molecule has 0 fully saturated rings. The van der Waals surface area contributed by atoms with Crippen molar-refractivity contribution in [2.75, 3.05) is 0 Å². The number of rotatable bonds is 4. The van der Waals surface area contributed by atoms with Crippen LogP contribution < -0.4 is 4.72 Å². The fourth-order valence-electron chi connectivity index (χ4n) is 1.60. The number of sulfonamides is 1. The van der Waals surface area contributed by atoms with Crippen LogP contribution in [-0.2, 0) is 10.0 Å². The number of phenols is 1. The van der Waals surface area contributed by atoms with Crippen molar-refractivity contribution in [3.05, 3.63) is 45.7 Å². The molecule has 7 heteroatoms. The monoisotopic (exact) mass is 361 g/mol. The Kier molecular flexibility index (Phi) is 4.29. The van der Waals surface area contributed by atoms with Crippen LogP contribution in [-0.4, -0.2) is 13.5 Å². The minimum atomic E-state index is -3.54. The minimum Gasteiger partial charge on any atom is -0.508 e. The van der Waals surface area contributed by atoms with Crippen LogP contribution in [0.15, 0.2) is 44.4 Å². The summed E-state index contributed by atoms with van der Waals surface area (Å²) in [5, 5.41) is 9.40. The van der Waals surface area contributed by atoms with Crippen molar-refractivity contribution in [2.24, 2.45) is 0 Å². The highest BCUT2D eigenvalue weighted by Crippen LogP contribution is 2.27. The molecule has 2 rings (SSSR count). The summed E-state index contributed by atoms with van der Waals surface area (Å²) in [7, 11) is -3.54. The second-order valence-electron chi connectivity index (χ2n) is 4.00. The molecule has 19 heavy (non-hydrogen) atoms. The van der Waals surface area contributed by atoms with Gasteiger partial charge in [0.25, 0.3) is 10.0 Å². The SMILES string of the molecule is CC(NS(=O)(=O)c1ccc(Br)s1)c1cccc(O)c1. The minimum absolute atomic E-state index is 0.113. The lowest BCUT2D eigenvalue weighted by Crippen LogP contribution is -2.26. The highest BCUT2D eigenvalue weighted by molar-refractivity contribution is 9.11. The molecule has 2 aromatic rings. The van der Waals surface area contributed by atoms with Crippen LogP contribution in [0.4, 0.5) is 0 Å². The predicted octanol–water partition coefficient (Wildman–Crippen LogP) is 3.26. The lowest BCUT2D eigenvalue weighted by atomic mass is 10.1. The van der Waals surface area contributed by atoms with E-state index in [0.29, 0.717) is 5.56 Å². The van der Waals surface area contributed by atoms with E-state index >= 15 is 0 Å². The van der Waals surface area contributed by atoms with E-state index in [1.54, 1.807) is 37.3 Å². The van der Waals surface area contributed by atoms with Gasteiger partial charge in [0.1, 0.15) is 9.96 Å². The number of aromatic hydroxyl groups is 1. The summed E-state index contributed by atoms with van der Waals surface area (Å²) >= 11 is 4.39. The third-order valence-electron chi connectivity index (χ3n) is 2.52. The van der Waals surface area contributed by atoms with Gasteiger partial charge in [0.15, 0.2) is 0 Å². The van der Waals surface area contributed by atoms with Gasteiger partial charge < -0.3 is 5.11 Å². The van der Waals surface area contributed by atoms with Gasteiger partial charge in [0.2, 0.25) is 0 Å². The van der Waals surface area contributed by atoms with E-state index < -0.39 is 16.1 Å². The van der Waals surface area contributed by atoms with E-state index in [1.165, 1.54) is 6.07 Å². The Balaban J connectivity index is 2.21. The summed E-state index contributed by atoms with van der Waals surface area (Å²) in [6, 6.07) is 9.34. The van der Waals surface area contributed by atoms with Gasteiger partial charge in [-0.2, -0.15) is 0 Å². The van der Waals surface area contributed by atoms with Crippen LogP contribution in [0.2, 0.25) is 0 Å². The molecular weight excluding hydrogens is 350 g/mol. The second-order valence-corrected chi connectivity index (χ2v) is 8.40. The van der Waals surface area contributed by atoms with Crippen LogP contribution in [0.1, 0.15) is 18.5 Å². The lowest BCUT2D eigenvalue weighted by molar-refractivity contribution is 0.473. The van der Waals surface area contributed by atoms with Crippen LogP contribution >= 0.6 is 27.3 Å². The van der Waals surface area contributed by atoms with E-state index in [0.717, 1.165) is 15.1 Å². The molecule has 1 atom stereocenters. The third-order valence-corrected chi connectivity index (χ3v) is 6.17. The van der Waals surface area contributed by atoms with Crippen molar-refractivity contribution in [3.8, 4) is 5.75 Å². The van der Waals surface area contributed by atoms with Crippen LogP contribution in [0, 0.1) is 0 Å². The van der Waals surface area contributed by atoms with E-state index in [2.05, 4.69) is 20.7 Å². The van der Waals surface area contributed by atoms with Gasteiger partial charge in [-0.1, -0.05) is 12.1 Å². The molecule has 2 N–H and O–H groups in total. The van der Waals surface area contributed by atoms with Crippen molar-refractivity contribution in [2.45, 2.75) is 17.2 Å². The molecule has 1 heterocycles. The predicted molar refractivity (Wildman–Crippen MR) is 78.9 cm³/mol. The normalized spacial score (nSPS) is 13.4. The number of nitrogens with one attached hydrogen (secondary N) is 1. The maximum Gasteiger partial charge on any atom is 0.250 e. The quantitative estimate of drug-likeness (QED) is 0.878. The van der Waals surface area contributed by atoms with Gasteiger partial charge in [-0.3, -0.25) is 0 Å². The zero-order valence-corrected chi connectivity index (χ0v) is 13.2. The fraction of sp³-hybridized carbons (Fsp3) is 0.167. The maximum absolute atomic E-state index is 12.1. The standard InChI is InChI=1S/C12H12BrNO3S2/c1-8(9-3-2-4-10(15)7-9)14-19(16,17)12-6-5-11(13)18-12/h2-8,14-15H,1H3. The molecule has 0 aliphatic rings. The Morgan fingerprint density at radius 3 is 2.63 bits per heavy atom. The number of thiophene rings is 1. The number of hydrogen-bond acceptors (Lipinski definition) is 4. The molecule has 1 aromatic heterocycles.